The molecule has 1 aromatic heterocycles. The average molecular weight is 470 g/mol. The van der Waals surface area contributed by atoms with Gasteiger partial charge in [0.15, 0.2) is 0 Å². The number of carboxylic acid groups (broad SMARTS) is 1. The molecule has 13 heteroatoms. The number of ether oxygens (including phenoxy) is 1. The molecule has 2 N–H and O–H groups in total. The highest BCUT2D eigenvalue weighted by Gasteiger charge is 2.54. The summed E-state index contributed by atoms with van der Waals surface area (Å²) in [6.45, 7) is 0.630. The van der Waals surface area contributed by atoms with E-state index in [0.717, 1.165) is 17.7 Å². The Labute approximate surface area is 184 Å². The Hall–Kier alpha value is -2.96. The van der Waals surface area contributed by atoms with Gasteiger partial charge in [-0.15, -0.1) is 11.8 Å². The second-order valence-corrected chi connectivity index (χ2v) is 8.82. The lowest BCUT2D eigenvalue weighted by molar-refractivity contribution is -0.151. The summed E-state index contributed by atoms with van der Waals surface area (Å²) in [7, 11) is 0. The van der Waals surface area contributed by atoms with Gasteiger partial charge in [-0.05, 0) is 18.9 Å². The van der Waals surface area contributed by atoms with Gasteiger partial charge in [-0.1, -0.05) is 0 Å². The Morgan fingerprint density at radius 2 is 2.09 bits per heavy atom. The number of amides is 2. The van der Waals surface area contributed by atoms with E-state index >= 15 is 0 Å². The van der Waals surface area contributed by atoms with Crippen molar-refractivity contribution in [3.05, 3.63) is 28.7 Å². The minimum absolute atomic E-state index is 0.0939. The van der Waals surface area contributed by atoms with Gasteiger partial charge in [0.25, 0.3) is 12.3 Å². The number of β-lactam (4-membered cyclic amide) rings is 1. The van der Waals surface area contributed by atoms with Gasteiger partial charge in [0.2, 0.25) is 5.91 Å². The van der Waals surface area contributed by atoms with E-state index < -0.39 is 47.3 Å². The highest BCUT2D eigenvalue weighted by atomic mass is 32.2. The first-order valence-corrected chi connectivity index (χ1v) is 10.9. The molecule has 0 bridgehead atoms. The van der Waals surface area contributed by atoms with Gasteiger partial charge in [-0.3, -0.25) is 24.0 Å². The summed E-state index contributed by atoms with van der Waals surface area (Å²) in [4.78, 5) is 49.0. The van der Waals surface area contributed by atoms with Gasteiger partial charge >= 0.3 is 11.9 Å². The molecule has 32 heavy (non-hydrogen) atoms. The number of rotatable bonds is 8. The van der Waals surface area contributed by atoms with E-state index in [1.807, 2.05) is 0 Å². The number of nitrogens with one attached hydrogen (secondary N) is 1. The van der Waals surface area contributed by atoms with E-state index in [0.29, 0.717) is 5.69 Å². The Bertz CT molecular complexity index is 1020. The van der Waals surface area contributed by atoms with Crippen LogP contribution < -0.4 is 5.32 Å². The van der Waals surface area contributed by atoms with Gasteiger partial charge in [0.05, 0.1) is 0 Å². The number of carboxylic acids is 1. The Morgan fingerprint density at radius 1 is 1.38 bits per heavy atom. The Kier molecular flexibility index (Phi) is 5.93. The predicted octanol–water partition coefficient (Wildman–Crippen LogP) is 1.000. The van der Waals surface area contributed by atoms with E-state index in [2.05, 4.69) is 10.4 Å². The summed E-state index contributed by atoms with van der Waals surface area (Å²) < 4.78 is 32.1. The summed E-state index contributed by atoms with van der Waals surface area (Å²) in [5, 5.41) is 15.3. The van der Waals surface area contributed by atoms with Crippen LogP contribution in [0, 0.1) is 0 Å². The van der Waals surface area contributed by atoms with Crippen LogP contribution in [0.25, 0.3) is 0 Å². The van der Waals surface area contributed by atoms with Crippen molar-refractivity contribution in [2.24, 2.45) is 0 Å². The molecule has 2 unspecified atom stereocenters. The number of halogens is 2. The molecule has 3 aliphatic rings. The maximum atomic E-state index is 13.0. The molecule has 4 rings (SSSR count). The normalized spacial score (nSPS) is 22.5. The molecule has 1 saturated carbocycles. The number of alkyl halides is 2. The lowest BCUT2D eigenvalue weighted by atomic mass is 10.0. The highest BCUT2D eigenvalue weighted by Crippen LogP contribution is 2.42. The van der Waals surface area contributed by atoms with Crippen molar-refractivity contribution >= 4 is 35.5 Å². The molecule has 172 valence electrons. The lowest BCUT2D eigenvalue weighted by Crippen LogP contribution is -2.70. The van der Waals surface area contributed by atoms with Crippen LogP contribution >= 0.6 is 11.8 Å². The van der Waals surface area contributed by atoms with Crippen molar-refractivity contribution in [2.75, 3.05) is 12.4 Å². The van der Waals surface area contributed by atoms with Gasteiger partial charge in [0.1, 0.15) is 36.0 Å². The van der Waals surface area contributed by atoms with Crippen LogP contribution in [0.5, 0.6) is 0 Å². The van der Waals surface area contributed by atoms with Crippen molar-refractivity contribution in [3.8, 4) is 0 Å². The second kappa shape index (κ2) is 8.52. The molecule has 0 spiro atoms. The van der Waals surface area contributed by atoms with E-state index in [4.69, 9.17) is 4.74 Å². The number of fused-ring (bicyclic) bond motifs is 1. The summed E-state index contributed by atoms with van der Waals surface area (Å²) in [6.07, 6.45) is -1.07. The van der Waals surface area contributed by atoms with Gasteiger partial charge in [-0.2, -0.15) is 5.10 Å². The fraction of sp³-hybridized carbons (Fsp3) is 0.526. The number of esters is 1. The number of aromatic nitrogens is 2. The van der Waals surface area contributed by atoms with Crippen LogP contribution in [-0.4, -0.2) is 67.3 Å². The number of thioether (sulfide) groups is 1. The number of carbonyl (C=O) groups is 4. The van der Waals surface area contributed by atoms with Crippen molar-refractivity contribution < 1.29 is 37.8 Å². The van der Waals surface area contributed by atoms with Crippen molar-refractivity contribution in [2.45, 2.75) is 50.1 Å². The van der Waals surface area contributed by atoms with Gasteiger partial charge < -0.3 is 15.2 Å². The fourth-order valence-electron chi connectivity index (χ4n) is 3.73. The van der Waals surface area contributed by atoms with Crippen molar-refractivity contribution in [1.29, 1.82) is 0 Å². The summed E-state index contributed by atoms with van der Waals surface area (Å²) >= 11 is 1.24. The molecule has 2 atom stereocenters. The van der Waals surface area contributed by atoms with Crippen LogP contribution in [0.3, 0.4) is 0 Å². The zero-order valence-corrected chi connectivity index (χ0v) is 17.7. The monoisotopic (exact) mass is 470 g/mol. The smallest absolute Gasteiger partial charge is 0.352 e. The topological polar surface area (TPSA) is 131 Å². The first-order chi connectivity index (χ1) is 15.2. The van der Waals surface area contributed by atoms with Crippen LogP contribution in [0.1, 0.15) is 43.5 Å². The third-order valence-electron chi connectivity index (χ3n) is 5.36. The largest absolute Gasteiger partial charge is 0.477 e. The average Bonchev–Trinajstić information content (AvgIpc) is 3.49. The Balaban J connectivity index is 1.44. The maximum absolute atomic E-state index is 13.0. The van der Waals surface area contributed by atoms with Gasteiger partial charge in [0, 0.05) is 29.9 Å². The predicted molar refractivity (Wildman–Crippen MR) is 105 cm³/mol. The number of carbonyl (C=O) groups excluding carboxylic acids is 3. The van der Waals surface area contributed by atoms with E-state index in [1.54, 1.807) is 0 Å². The van der Waals surface area contributed by atoms with Crippen LogP contribution in [0.4, 0.5) is 8.78 Å². The third kappa shape index (κ3) is 4.20. The molecule has 2 fully saturated rings. The minimum atomic E-state index is -2.75. The highest BCUT2D eigenvalue weighted by molar-refractivity contribution is 8.00. The number of hydrogen-bond acceptors (Lipinski definition) is 7. The third-order valence-corrected chi connectivity index (χ3v) is 6.70. The van der Waals surface area contributed by atoms with Crippen LogP contribution in [0.2, 0.25) is 0 Å². The molecular weight excluding hydrogens is 450 g/mol. The van der Waals surface area contributed by atoms with Crippen molar-refractivity contribution in [1.82, 2.24) is 20.0 Å². The summed E-state index contributed by atoms with van der Waals surface area (Å²) in [6, 6.07) is 0.351. The molecular formula is C19H20F2N4O6S. The molecule has 0 aromatic carbocycles. The quantitative estimate of drug-likeness (QED) is 0.425. The second-order valence-electron chi connectivity index (χ2n) is 7.72. The maximum Gasteiger partial charge on any atom is 0.352 e. The minimum Gasteiger partial charge on any atom is -0.477 e. The number of hydrogen-bond donors (Lipinski definition) is 2. The zero-order chi connectivity index (χ0) is 23.2. The standard InChI is InChI=1S/C19H20F2N4O6S/c1-8(26)31-6-10-7-32-18-14(17(28)25(18)15(10)19(29)30)22-13(27)5-24-12(9-2-3-9)4-11(23-24)16(20)21/h4,9,14,16,18H,2-3,5-7H2,1H3,(H,22,27)(H,29,30). The molecule has 2 amide bonds. The molecule has 2 aliphatic heterocycles. The van der Waals surface area contributed by atoms with Gasteiger partial charge in [-0.25, -0.2) is 13.6 Å². The van der Waals surface area contributed by atoms with E-state index in [9.17, 15) is 33.1 Å². The molecule has 10 nitrogen and oxygen atoms in total. The first kappa shape index (κ1) is 22.2. The SMILES string of the molecule is CC(=O)OCC1=C(C(=O)O)N2C(=O)C(NC(=O)Cn3nc(C(F)F)cc3C3CC3)C2SC1. The van der Waals surface area contributed by atoms with Crippen LogP contribution in [0.15, 0.2) is 17.3 Å². The first-order valence-electron chi connectivity index (χ1n) is 9.86. The van der Waals surface area contributed by atoms with E-state index in [-0.39, 0.29) is 36.1 Å². The molecule has 1 aromatic rings. The number of aliphatic carboxylic acids is 1. The summed E-state index contributed by atoms with van der Waals surface area (Å²) in [5.41, 5.74) is 0.202. The zero-order valence-electron chi connectivity index (χ0n) is 16.9. The Morgan fingerprint density at radius 3 is 2.69 bits per heavy atom. The molecule has 3 heterocycles. The summed E-state index contributed by atoms with van der Waals surface area (Å²) in [5.74, 6) is -2.80. The molecule has 1 saturated heterocycles. The molecule has 0 radical (unpaired) electrons. The van der Waals surface area contributed by atoms with Crippen molar-refractivity contribution in [3.63, 3.8) is 0 Å². The van der Waals surface area contributed by atoms with E-state index in [1.165, 1.54) is 29.4 Å². The lowest BCUT2D eigenvalue weighted by Gasteiger charge is -2.49. The molecule has 1 aliphatic carbocycles. The number of nitrogens with zero attached hydrogens (tertiary/aromatic N) is 3. The fourth-order valence-corrected chi connectivity index (χ4v) is 5.06. The van der Waals surface area contributed by atoms with Crippen LogP contribution in [-0.2, 0) is 30.5 Å².